The predicted octanol–water partition coefficient (Wildman–Crippen LogP) is 2.59. The third kappa shape index (κ3) is 5.11. The van der Waals surface area contributed by atoms with Gasteiger partial charge >= 0.3 is 6.01 Å². The molecule has 0 bridgehead atoms. The third-order valence-electron chi connectivity index (χ3n) is 7.34. The second-order valence-corrected chi connectivity index (χ2v) is 9.66. The van der Waals surface area contributed by atoms with Crippen LogP contribution in [0, 0.1) is 11.3 Å². The standard InChI is InChI=1S/C26H35N7O/c1-31-14-5-9-22(31)19-34-26-29-24-18-32(21-7-3-2-4-8-21)15-6-10-23(24)25(30-26)33-16-13-28-20(17-33)11-12-27/h2-4,7-8,20,22,28H,5-6,9-11,13-19H2,1H3/t20-,22-/m0/s1. The Balaban J connectivity index is 1.45. The normalized spacial score (nSPS) is 23.3. The number of para-hydroxylation sites is 1. The first kappa shape index (κ1) is 22.9. The number of aromatic nitrogens is 2. The highest BCUT2D eigenvalue weighted by atomic mass is 16.5. The van der Waals surface area contributed by atoms with E-state index >= 15 is 0 Å². The lowest BCUT2D eigenvalue weighted by Crippen LogP contribution is -2.51. The highest BCUT2D eigenvalue weighted by molar-refractivity contribution is 5.54. The van der Waals surface area contributed by atoms with Crippen LogP contribution < -0.4 is 19.9 Å². The number of hydrogen-bond acceptors (Lipinski definition) is 8. The molecule has 1 aromatic heterocycles. The van der Waals surface area contributed by atoms with E-state index < -0.39 is 0 Å². The highest BCUT2D eigenvalue weighted by Gasteiger charge is 2.28. The summed E-state index contributed by atoms with van der Waals surface area (Å²) in [5.41, 5.74) is 3.53. The molecular weight excluding hydrogens is 426 g/mol. The van der Waals surface area contributed by atoms with Gasteiger partial charge in [-0.1, -0.05) is 18.2 Å². The van der Waals surface area contributed by atoms with E-state index in [1.54, 1.807) is 0 Å². The average Bonchev–Trinajstić information content (AvgIpc) is 3.15. The van der Waals surface area contributed by atoms with Crippen LogP contribution >= 0.6 is 0 Å². The van der Waals surface area contributed by atoms with Crippen molar-refractivity contribution in [2.24, 2.45) is 0 Å². The molecule has 4 heterocycles. The Kier molecular flexibility index (Phi) is 7.12. The van der Waals surface area contributed by atoms with E-state index in [1.807, 2.05) is 0 Å². The summed E-state index contributed by atoms with van der Waals surface area (Å²) in [4.78, 5) is 17.0. The van der Waals surface area contributed by atoms with Crippen molar-refractivity contribution in [3.05, 3.63) is 41.6 Å². The van der Waals surface area contributed by atoms with Gasteiger partial charge in [0, 0.05) is 49.5 Å². The van der Waals surface area contributed by atoms with Gasteiger partial charge in [-0.25, -0.2) is 0 Å². The Morgan fingerprint density at radius 3 is 2.79 bits per heavy atom. The largest absolute Gasteiger partial charge is 0.462 e. The molecular formula is C26H35N7O. The summed E-state index contributed by atoms with van der Waals surface area (Å²) < 4.78 is 6.24. The van der Waals surface area contributed by atoms with Crippen LogP contribution in [0.15, 0.2) is 30.3 Å². The summed E-state index contributed by atoms with van der Waals surface area (Å²) in [5.74, 6) is 0.999. The highest BCUT2D eigenvalue weighted by Crippen LogP contribution is 2.31. The van der Waals surface area contributed by atoms with Gasteiger partial charge in [-0.15, -0.1) is 0 Å². The first-order valence-corrected chi connectivity index (χ1v) is 12.6. The summed E-state index contributed by atoms with van der Waals surface area (Å²) >= 11 is 0. The lowest BCUT2D eigenvalue weighted by Gasteiger charge is -2.35. The van der Waals surface area contributed by atoms with E-state index in [9.17, 15) is 5.26 Å². The maximum atomic E-state index is 9.22. The Hall–Kier alpha value is -2.89. The van der Waals surface area contributed by atoms with E-state index in [2.05, 4.69) is 63.5 Å². The first-order chi connectivity index (χ1) is 16.7. The van der Waals surface area contributed by atoms with Crippen LogP contribution in [0.3, 0.4) is 0 Å². The fourth-order valence-electron chi connectivity index (χ4n) is 5.40. The van der Waals surface area contributed by atoms with Gasteiger partial charge in [0.05, 0.1) is 24.7 Å². The molecule has 0 radical (unpaired) electrons. The maximum Gasteiger partial charge on any atom is 0.318 e. The topological polar surface area (TPSA) is 80.5 Å². The van der Waals surface area contributed by atoms with Crippen molar-refractivity contribution in [2.45, 2.75) is 50.7 Å². The third-order valence-corrected chi connectivity index (χ3v) is 7.34. The molecule has 1 N–H and O–H groups in total. The van der Waals surface area contributed by atoms with Crippen molar-refractivity contribution in [1.82, 2.24) is 20.2 Å². The summed E-state index contributed by atoms with van der Waals surface area (Å²) in [6.45, 7) is 5.99. The molecule has 0 unspecified atom stereocenters. The molecule has 2 atom stereocenters. The summed E-state index contributed by atoms with van der Waals surface area (Å²) in [6, 6.07) is 14.0. The number of nitriles is 1. The molecule has 0 saturated carbocycles. The molecule has 3 aliphatic heterocycles. The van der Waals surface area contributed by atoms with Crippen molar-refractivity contribution in [3.8, 4) is 12.1 Å². The van der Waals surface area contributed by atoms with E-state index in [1.165, 1.54) is 17.7 Å². The molecule has 5 rings (SSSR count). The van der Waals surface area contributed by atoms with Crippen molar-refractivity contribution in [3.63, 3.8) is 0 Å². The van der Waals surface area contributed by atoms with Gasteiger partial charge in [0.25, 0.3) is 0 Å². The molecule has 2 aromatic rings. The number of fused-ring (bicyclic) bond motifs is 1. The number of piperazine rings is 1. The summed E-state index contributed by atoms with van der Waals surface area (Å²) in [6.07, 6.45) is 4.88. The van der Waals surface area contributed by atoms with Gasteiger partial charge in [-0.05, 0) is 51.4 Å². The minimum absolute atomic E-state index is 0.160. The number of anilines is 2. The number of likely N-dealkylation sites (N-methyl/N-ethyl adjacent to an activating group) is 1. The van der Waals surface area contributed by atoms with E-state index in [0.29, 0.717) is 25.1 Å². The molecule has 0 aliphatic carbocycles. The van der Waals surface area contributed by atoms with Crippen LogP contribution in [0.4, 0.5) is 11.5 Å². The van der Waals surface area contributed by atoms with E-state index in [0.717, 1.165) is 70.0 Å². The second-order valence-electron chi connectivity index (χ2n) is 9.66. The Morgan fingerprint density at radius 2 is 2.00 bits per heavy atom. The Bertz CT molecular complexity index is 1010. The SMILES string of the molecule is CN1CCC[C@H]1COc1nc2c(c(N3CCN[C@@H](CC#N)C3)n1)CCCN(c1ccccc1)C2. The van der Waals surface area contributed by atoms with Crippen molar-refractivity contribution >= 4 is 11.5 Å². The van der Waals surface area contributed by atoms with Crippen LogP contribution in [0.25, 0.3) is 0 Å². The zero-order valence-electron chi connectivity index (χ0n) is 20.1. The van der Waals surface area contributed by atoms with E-state index in [4.69, 9.17) is 14.7 Å². The molecule has 3 aliphatic rings. The maximum absolute atomic E-state index is 9.22. The van der Waals surface area contributed by atoms with Gasteiger partial charge in [-0.3, -0.25) is 0 Å². The number of benzene rings is 1. The molecule has 1 aromatic carbocycles. The number of rotatable bonds is 6. The van der Waals surface area contributed by atoms with Crippen LogP contribution in [0.5, 0.6) is 6.01 Å². The van der Waals surface area contributed by atoms with Crippen LogP contribution in [0.1, 0.15) is 36.9 Å². The second kappa shape index (κ2) is 10.6. The minimum atomic E-state index is 0.160. The van der Waals surface area contributed by atoms with Crippen molar-refractivity contribution < 1.29 is 4.74 Å². The Labute approximate surface area is 202 Å². The minimum Gasteiger partial charge on any atom is -0.462 e. The number of nitrogens with zero attached hydrogens (tertiary/aromatic N) is 6. The summed E-state index contributed by atoms with van der Waals surface area (Å²) in [7, 11) is 2.16. The van der Waals surface area contributed by atoms with Crippen LogP contribution in [0.2, 0.25) is 0 Å². The number of nitrogens with one attached hydrogen (secondary N) is 1. The fraction of sp³-hybridized carbons (Fsp3) is 0.577. The molecule has 0 amide bonds. The molecule has 180 valence electrons. The van der Waals surface area contributed by atoms with Crippen molar-refractivity contribution in [2.75, 3.05) is 56.2 Å². The first-order valence-electron chi connectivity index (χ1n) is 12.6. The zero-order chi connectivity index (χ0) is 23.3. The predicted molar refractivity (Wildman–Crippen MR) is 133 cm³/mol. The molecule has 2 saturated heterocycles. The van der Waals surface area contributed by atoms with Crippen LogP contribution in [-0.4, -0.2) is 73.3 Å². The van der Waals surface area contributed by atoms with Gasteiger partial charge < -0.3 is 24.8 Å². The van der Waals surface area contributed by atoms with Crippen molar-refractivity contribution in [1.29, 1.82) is 5.26 Å². The van der Waals surface area contributed by atoms with E-state index in [-0.39, 0.29) is 6.04 Å². The quantitative estimate of drug-likeness (QED) is 0.703. The molecule has 34 heavy (non-hydrogen) atoms. The fourth-order valence-corrected chi connectivity index (χ4v) is 5.40. The molecule has 8 heteroatoms. The molecule has 0 spiro atoms. The van der Waals surface area contributed by atoms with Gasteiger partial charge in [-0.2, -0.15) is 15.2 Å². The lowest BCUT2D eigenvalue weighted by molar-refractivity contribution is 0.187. The Morgan fingerprint density at radius 1 is 1.12 bits per heavy atom. The van der Waals surface area contributed by atoms with Gasteiger partial charge in [0.1, 0.15) is 12.4 Å². The number of hydrogen-bond donors (Lipinski definition) is 1. The lowest BCUT2D eigenvalue weighted by atomic mass is 10.1. The van der Waals surface area contributed by atoms with Crippen LogP contribution in [-0.2, 0) is 13.0 Å². The molecule has 8 nitrogen and oxygen atoms in total. The van der Waals surface area contributed by atoms with Gasteiger partial charge in [0.15, 0.2) is 0 Å². The molecule has 2 fully saturated rings. The average molecular weight is 462 g/mol. The summed E-state index contributed by atoms with van der Waals surface area (Å²) in [5, 5.41) is 12.7. The number of likely N-dealkylation sites (tertiary alicyclic amines) is 1. The monoisotopic (exact) mass is 461 g/mol. The smallest absolute Gasteiger partial charge is 0.318 e. The van der Waals surface area contributed by atoms with Gasteiger partial charge in [0.2, 0.25) is 0 Å². The zero-order valence-corrected chi connectivity index (χ0v) is 20.1. The number of ether oxygens (including phenoxy) is 1.